The van der Waals surface area contributed by atoms with Gasteiger partial charge in [-0.3, -0.25) is 0 Å². The first-order valence-corrected chi connectivity index (χ1v) is 6.50. The Morgan fingerprint density at radius 1 is 1.19 bits per heavy atom. The van der Waals surface area contributed by atoms with Crippen LogP contribution >= 0.6 is 0 Å². The number of benzene rings is 1. The van der Waals surface area contributed by atoms with Gasteiger partial charge in [-0.05, 0) is 43.4 Å². The van der Waals surface area contributed by atoms with Gasteiger partial charge in [0.15, 0.2) is 0 Å². The molecule has 0 aliphatic heterocycles. The first-order chi connectivity index (χ1) is 7.79. The van der Waals surface area contributed by atoms with Crippen molar-refractivity contribution in [2.24, 2.45) is 0 Å². The molecule has 0 bridgehead atoms. The van der Waals surface area contributed by atoms with Crippen molar-refractivity contribution in [2.45, 2.75) is 53.9 Å². The first-order valence-electron chi connectivity index (χ1n) is 6.50. The van der Waals surface area contributed by atoms with E-state index in [2.05, 4.69) is 51.1 Å². The minimum absolute atomic E-state index is 1.21. The second-order valence-electron chi connectivity index (χ2n) is 3.73. The highest BCUT2D eigenvalue weighted by Gasteiger charge is 2.02. The predicted octanol–water partition coefficient (Wildman–Crippen LogP) is 5.61. The zero-order valence-electron chi connectivity index (χ0n) is 11.5. The van der Waals surface area contributed by atoms with Crippen molar-refractivity contribution in [1.29, 1.82) is 0 Å². The molecule has 0 amide bonds. The molecule has 0 unspecified atom stereocenters. The van der Waals surface area contributed by atoms with E-state index in [1.165, 1.54) is 36.0 Å². The minimum Gasteiger partial charge on any atom is -0.0838 e. The van der Waals surface area contributed by atoms with Crippen LogP contribution in [0.4, 0.5) is 0 Å². The third-order valence-corrected chi connectivity index (χ3v) is 2.64. The third-order valence-electron chi connectivity index (χ3n) is 2.64. The fourth-order valence-corrected chi connectivity index (χ4v) is 1.73. The lowest BCUT2D eigenvalue weighted by Crippen LogP contribution is -1.88. The second kappa shape index (κ2) is 9.21. The molecule has 1 rings (SSSR count). The van der Waals surface area contributed by atoms with Crippen LogP contribution in [0.25, 0.3) is 5.57 Å². The molecule has 0 fully saturated rings. The van der Waals surface area contributed by atoms with E-state index < -0.39 is 0 Å². The molecule has 1 aromatic carbocycles. The predicted molar refractivity (Wildman–Crippen MR) is 75.7 cm³/mol. The van der Waals surface area contributed by atoms with Crippen molar-refractivity contribution in [3.05, 3.63) is 41.5 Å². The Balaban J connectivity index is 0.00000106. The lowest BCUT2D eigenvalue weighted by atomic mass is 9.96. The lowest BCUT2D eigenvalue weighted by Gasteiger charge is -2.09. The molecule has 0 N–H and O–H groups in total. The molecule has 0 radical (unpaired) electrons. The first kappa shape index (κ1) is 15.0. The van der Waals surface area contributed by atoms with Crippen LogP contribution in [0.15, 0.2) is 30.3 Å². The van der Waals surface area contributed by atoms with Gasteiger partial charge in [-0.25, -0.2) is 0 Å². The summed E-state index contributed by atoms with van der Waals surface area (Å²) >= 11 is 0. The maximum Gasteiger partial charge on any atom is -0.0199 e. The van der Waals surface area contributed by atoms with E-state index in [9.17, 15) is 0 Å². The van der Waals surface area contributed by atoms with Gasteiger partial charge in [0.25, 0.3) is 0 Å². The van der Waals surface area contributed by atoms with Gasteiger partial charge in [0.05, 0.1) is 0 Å². The van der Waals surface area contributed by atoms with Crippen LogP contribution in [0.1, 0.15) is 58.1 Å². The second-order valence-corrected chi connectivity index (χ2v) is 3.73. The molecule has 1 aromatic rings. The highest BCUT2D eigenvalue weighted by Crippen LogP contribution is 2.23. The quantitative estimate of drug-likeness (QED) is 0.615. The Hall–Kier alpha value is -1.04. The largest absolute Gasteiger partial charge is 0.0838 e. The average molecular weight is 218 g/mol. The fourth-order valence-electron chi connectivity index (χ4n) is 1.73. The van der Waals surface area contributed by atoms with Gasteiger partial charge < -0.3 is 0 Å². The van der Waals surface area contributed by atoms with Crippen molar-refractivity contribution < 1.29 is 0 Å². The van der Waals surface area contributed by atoms with Gasteiger partial charge in [0.1, 0.15) is 0 Å². The molecule has 0 atom stereocenters. The van der Waals surface area contributed by atoms with Crippen LogP contribution in [0.3, 0.4) is 0 Å². The molecular weight excluding hydrogens is 192 g/mol. The number of unbranched alkanes of at least 4 members (excludes halogenated alkanes) is 1. The molecule has 0 aliphatic rings. The van der Waals surface area contributed by atoms with Crippen LogP contribution in [0.2, 0.25) is 0 Å². The normalized spacial score (nSPS) is 10.7. The standard InChI is InChI=1S/C14H20.C2H6/c1-4-6-10-13(5-2)14-11-8-7-9-12(14)3;1-2/h5,7-9,11H,4,6,10H2,1-3H3;1-2H3/b13-5-;. The zero-order valence-corrected chi connectivity index (χ0v) is 11.5. The summed E-state index contributed by atoms with van der Waals surface area (Å²) in [6.07, 6.45) is 6.01. The number of aryl methyl sites for hydroxylation is 1. The Labute approximate surface area is 101 Å². The van der Waals surface area contributed by atoms with Gasteiger partial charge in [-0.15, -0.1) is 0 Å². The van der Waals surface area contributed by atoms with Crippen LogP contribution in [-0.2, 0) is 0 Å². The monoisotopic (exact) mass is 218 g/mol. The van der Waals surface area contributed by atoms with E-state index >= 15 is 0 Å². The van der Waals surface area contributed by atoms with E-state index in [0.717, 1.165) is 0 Å². The van der Waals surface area contributed by atoms with Gasteiger partial charge in [-0.2, -0.15) is 0 Å². The lowest BCUT2D eigenvalue weighted by molar-refractivity contribution is 0.823. The number of rotatable bonds is 4. The summed E-state index contributed by atoms with van der Waals surface area (Å²) in [5.74, 6) is 0. The highest BCUT2D eigenvalue weighted by molar-refractivity contribution is 5.67. The van der Waals surface area contributed by atoms with E-state index in [-0.39, 0.29) is 0 Å². The van der Waals surface area contributed by atoms with Gasteiger partial charge in [0.2, 0.25) is 0 Å². The van der Waals surface area contributed by atoms with Crippen molar-refractivity contribution in [3.8, 4) is 0 Å². The van der Waals surface area contributed by atoms with Crippen molar-refractivity contribution in [3.63, 3.8) is 0 Å². The fraction of sp³-hybridized carbons (Fsp3) is 0.500. The van der Waals surface area contributed by atoms with E-state index in [1.807, 2.05) is 13.8 Å². The Kier molecular flexibility index (Phi) is 8.61. The number of hydrogen-bond donors (Lipinski definition) is 0. The molecule has 0 heteroatoms. The highest BCUT2D eigenvalue weighted by atomic mass is 14.1. The van der Waals surface area contributed by atoms with Crippen molar-refractivity contribution in [1.82, 2.24) is 0 Å². The third kappa shape index (κ3) is 4.65. The van der Waals surface area contributed by atoms with Crippen LogP contribution < -0.4 is 0 Å². The summed E-state index contributed by atoms with van der Waals surface area (Å²) in [6, 6.07) is 8.63. The molecule has 0 saturated heterocycles. The SMILES string of the molecule is C/C=C(/CCCC)c1ccccc1C.CC. The van der Waals surface area contributed by atoms with E-state index in [4.69, 9.17) is 0 Å². The molecule has 0 aromatic heterocycles. The molecule has 0 saturated carbocycles. The van der Waals surface area contributed by atoms with Crippen molar-refractivity contribution in [2.75, 3.05) is 0 Å². The summed E-state index contributed by atoms with van der Waals surface area (Å²) in [5, 5.41) is 0. The number of allylic oxidation sites excluding steroid dienone is 2. The van der Waals surface area contributed by atoms with E-state index in [0.29, 0.717) is 0 Å². The zero-order chi connectivity index (χ0) is 12.4. The number of hydrogen-bond acceptors (Lipinski definition) is 0. The summed E-state index contributed by atoms with van der Waals surface area (Å²) in [6.45, 7) is 10.6. The van der Waals surface area contributed by atoms with Gasteiger partial charge >= 0.3 is 0 Å². The van der Waals surface area contributed by atoms with Crippen molar-refractivity contribution >= 4 is 5.57 Å². The molecule has 0 aliphatic carbocycles. The minimum atomic E-state index is 1.21. The van der Waals surface area contributed by atoms with Gasteiger partial charge in [-0.1, -0.05) is 57.5 Å². The summed E-state index contributed by atoms with van der Waals surface area (Å²) in [5.41, 5.74) is 4.30. The maximum absolute atomic E-state index is 2.25. The summed E-state index contributed by atoms with van der Waals surface area (Å²) in [7, 11) is 0. The Bertz CT molecular complexity index is 308. The molecular formula is C16H26. The van der Waals surface area contributed by atoms with E-state index in [1.54, 1.807) is 0 Å². The Morgan fingerprint density at radius 3 is 2.31 bits per heavy atom. The molecule has 0 spiro atoms. The van der Waals surface area contributed by atoms with Gasteiger partial charge in [0, 0.05) is 0 Å². The summed E-state index contributed by atoms with van der Waals surface area (Å²) in [4.78, 5) is 0. The summed E-state index contributed by atoms with van der Waals surface area (Å²) < 4.78 is 0. The topological polar surface area (TPSA) is 0 Å². The maximum atomic E-state index is 2.25. The Morgan fingerprint density at radius 2 is 1.81 bits per heavy atom. The molecule has 0 nitrogen and oxygen atoms in total. The molecule has 90 valence electrons. The average Bonchev–Trinajstić information content (AvgIpc) is 2.35. The molecule has 0 heterocycles. The smallest absolute Gasteiger partial charge is 0.0199 e. The van der Waals surface area contributed by atoms with Crippen LogP contribution in [-0.4, -0.2) is 0 Å². The van der Waals surface area contributed by atoms with Crippen LogP contribution in [0, 0.1) is 6.92 Å². The van der Waals surface area contributed by atoms with Crippen LogP contribution in [0.5, 0.6) is 0 Å². The molecule has 16 heavy (non-hydrogen) atoms.